The van der Waals surface area contributed by atoms with Crippen LogP contribution in [0, 0.1) is 13.8 Å². The fourth-order valence-corrected chi connectivity index (χ4v) is 20.4. The zero-order valence-corrected chi connectivity index (χ0v) is 68.0. The van der Waals surface area contributed by atoms with Gasteiger partial charge in [-0.1, -0.05) is 212 Å². The third-order valence-electron chi connectivity index (χ3n) is 26.1. The van der Waals surface area contributed by atoms with E-state index in [0.717, 1.165) is 61.3 Å². The number of hydrogen-bond donors (Lipinski definition) is 0. The number of rotatable bonds is 10. The van der Waals surface area contributed by atoms with E-state index in [9.17, 15) is 0 Å². The van der Waals surface area contributed by atoms with Gasteiger partial charge in [0.25, 0.3) is 13.4 Å². The Kier molecular flexibility index (Phi) is 14.8. The van der Waals surface area contributed by atoms with Gasteiger partial charge in [0, 0.05) is 99.6 Å². The van der Waals surface area contributed by atoms with Crippen LogP contribution in [0.2, 0.25) is 0 Å². The molecule has 21 rings (SSSR count). The minimum absolute atomic E-state index is 0.0381. The maximum absolute atomic E-state index is 2.76. The van der Waals surface area contributed by atoms with Gasteiger partial charge < -0.3 is 28.1 Å². The van der Waals surface area contributed by atoms with Crippen molar-refractivity contribution in [3.05, 3.63) is 275 Å². The normalized spacial score (nSPS) is 13.9. The molecule has 0 spiro atoms. The van der Waals surface area contributed by atoms with Crippen LogP contribution in [0.15, 0.2) is 231 Å². The van der Waals surface area contributed by atoms with Gasteiger partial charge in [-0.05, 0) is 267 Å². The van der Waals surface area contributed by atoms with Crippen molar-refractivity contribution in [2.24, 2.45) is 0 Å². The molecule has 4 aromatic heterocycles. The molecule has 0 bridgehead atoms. The summed E-state index contributed by atoms with van der Waals surface area (Å²) in [6.07, 6.45) is 6.62. The van der Waals surface area contributed by atoms with Crippen molar-refractivity contribution in [2.45, 2.75) is 171 Å². The van der Waals surface area contributed by atoms with Crippen molar-refractivity contribution < 1.29 is 0 Å². The number of unbranched alkanes of at least 4 members (excludes halogenated alkanes) is 2. The lowest BCUT2D eigenvalue weighted by atomic mass is 9.30. The molecule has 112 heavy (non-hydrogen) atoms. The van der Waals surface area contributed by atoms with Gasteiger partial charge in [-0.2, -0.15) is 0 Å². The number of nitrogens with zero attached hydrogens (tertiary/aromatic N) is 6. The van der Waals surface area contributed by atoms with E-state index in [1.54, 1.807) is 0 Å². The highest BCUT2D eigenvalue weighted by Gasteiger charge is 2.49. The zero-order chi connectivity index (χ0) is 76.8. The maximum Gasteiger partial charge on any atom is 0.252 e. The number of hydrogen-bond acceptors (Lipinski definition) is 2. The van der Waals surface area contributed by atoms with Gasteiger partial charge in [-0.15, -0.1) is 0 Å². The fourth-order valence-electron chi connectivity index (χ4n) is 20.4. The van der Waals surface area contributed by atoms with Crippen LogP contribution in [0.3, 0.4) is 0 Å². The predicted octanol–water partition coefficient (Wildman–Crippen LogP) is 23.8. The van der Waals surface area contributed by atoms with E-state index in [1.165, 1.54) is 199 Å². The lowest BCUT2D eigenvalue weighted by Gasteiger charge is -2.45. The Hall–Kier alpha value is -11.2. The van der Waals surface area contributed by atoms with Crippen molar-refractivity contribution >= 4 is 168 Å². The number of anilines is 6. The fraction of sp³-hybridized carbons (Fsp3) is 0.250. The Balaban J connectivity index is 0.920. The summed E-state index contributed by atoms with van der Waals surface area (Å²) in [6.45, 7) is 37.2. The largest absolute Gasteiger partial charge is 0.311 e. The van der Waals surface area contributed by atoms with Gasteiger partial charge in [0.1, 0.15) is 0 Å². The molecule has 0 unspecified atom stereocenters. The van der Waals surface area contributed by atoms with Crippen LogP contribution in [0.25, 0.3) is 110 Å². The number of aryl methyl sites for hydroxylation is 4. The van der Waals surface area contributed by atoms with E-state index in [0.29, 0.717) is 0 Å². The average molecular weight is 1450 g/mol. The van der Waals surface area contributed by atoms with Crippen LogP contribution in [0.1, 0.15) is 167 Å². The second-order valence-corrected chi connectivity index (χ2v) is 37.7. The van der Waals surface area contributed by atoms with Gasteiger partial charge in [0.2, 0.25) is 0 Å². The van der Waals surface area contributed by atoms with E-state index in [-0.39, 0.29) is 35.1 Å². The van der Waals surface area contributed by atoms with Crippen molar-refractivity contribution in [3.63, 3.8) is 0 Å². The molecule has 0 N–H and O–H groups in total. The summed E-state index contributed by atoms with van der Waals surface area (Å²) in [4.78, 5) is 5.37. The van der Waals surface area contributed by atoms with E-state index in [2.05, 4.69) is 369 Å². The topological polar surface area (TPSA) is 26.2 Å². The van der Waals surface area contributed by atoms with Crippen molar-refractivity contribution in [2.75, 3.05) is 9.80 Å². The number of benzene rings is 13. The minimum atomic E-state index is -0.166. The summed E-state index contributed by atoms with van der Waals surface area (Å²) in [6, 6.07) is 92.9. The first-order chi connectivity index (χ1) is 53.8. The molecule has 4 aliphatic heterocycles. The highest BCUT2D eigenvalue weighted by atomic mass is 15.2. The molecule has 17 aromatic rings. The Bertz CT molecular complexity index is 6850. The van der Waals surface area contributed by atoms with E-state index < -0.39 is 0 Å². The smallest absolute Gasteiger partial charge is 0.252 e. The Morgan fingerprint density at radius 1 is 0.268 bits per heavy atom. The third-order valence-corrected chi connectivity index (χ3v) is 26.1. The molecule has 0 fully saturated rings. The number of aromatic nitrogens is 4. The van der Waals surface area contributed by atoms with Crippen LogP contribution in [-0.2, 0) is 34.5 Å². The lowest BCUT2D eigenvalue weighted by Crippen LogP contribution is -2.64. The Labute approximate surface area is 660 Å². The van der Waals surface area contributed by atoms with E-state index in [1.807, 2.05) is 0 Å². The minimum Gasteiger partial charge on any atom is -0.311 e. The van der Waals surface area contributed by atoms with Crippen LogP contribution in [-0.4, -0.2) is 31.7 Å². The Morgan fingerprint density at radius 3 is 1.07 bits per heavy atom. The van der Waals surface area contributed by atoms with Crippen LogP contribution >= 0.6 is 0 Å². The van der Waals surface area contributed by atoms with Gasteiger partial charge in [-0.3, -0.25) is 0 Å². The number of para-hydroxylation sites is 2. The first-order valence-electron chi connectivity index (χ1n) is 41.4. The highest BCUT2D eigenvalue weighted by Crippen LogP contribution is 2.51. The molecule has 0 aliphatic carbocycles. The molecule has 13 aromatic carbocycles. The van der Waals surface area contributed by atoms with Gasteiger partial charge >= 0.3 is 0 Å². The summed E-state index contributed by atoms with van der Waals surface area (Å²) < 4.78 is 10.6. The van der Waals surface area contributed by atoms with Crippen molar-refractivity contribution in [1.29, 1.82) is 0 Å². The molecular formula is C104H98B2N6. The average Bonchev–Trinajstić information content (AvgIpc) is 1.24. The molecule has 0 amide bonds. The van der Waals surface area contributed by atoms with Crippen molar-refractivity contribution in [3.8, 4) is 22.7 Å². The molecule has 6 nitrogen and oxygen atoms in total. The van der Waals surface area contributed by atoms with E-state index >= 15 is 0 Å². The van der Waals surface area contributed by atoms with Gasteiger partial charge in [0.05, 0.1) is 44.5 Å². The highest BCUT2D eigenvalue weighted by molar-refractivity contribution is 7.03. The molecule has 8 heteroatoms. The van der Waals surface area contributed by atoms with Gasteiger partial charge in [-0.25, -0.2) is 0 Å². The SMILES string of the molecule is CCCCc1ccc2c(c1)c1cc(CCCC)cc3c1n2-c1cc(-n2c4ccc(C)cc4c4cc(C(C)(C)C)ccc42)cc2c1B3c1cc3c(cc1N2c1ccccc1)N(c1ccccc1)c1cc(-n2c4ccc(C(C)(C)C)cc4c4cc(C(C)(C)C)ccc42)cc2c1B3c1cc(C)cc3c4cc(C(C)(C)C)ccc4n-2c13. The van der Waals surface area contributed by atoms with Crippen LogP contribution in [0.5, 0.6) is 0 Å². The summed E-state index contributed by atoms with van der Waals surface area (Å²) in [5.41, 5.74) is 40.2. The lowest BCUT2D eigenvalue weighted by molar-refractivity contribution is 0.590. The predicted molar refractivity (Wildman–Crippen MR) is 484 cm³/mol. The quantitative estimate of drug-likeness (QED) is 0.128. The Morgan fingerprint density at radius 2 is 0.625 bits per heavy atom. The van der Waals surface area contributed by atoms with E-state index in [4.69, 9.17) is 0 Å². The summed E-state index contributed by atoms with van der Waals surface area (Å²) >= 11 is 0. The monoisotopic (exact) mass is 1450 g/mol. The molecular weight excluding hydrogens is 1350 g/mol. The summed E-state index contributed by atoms with van der Waals surface area (Å²) in [5, 5.41) is 10.4. The summed E-state index contributed by atoms with van der Waals surface area (Å²) in [7, 11) is 0. The zero-order valence-electron chi connectivity index (χ0n) is 68.0. The van der Waals surface area contributed by atoms with Crippen LogP contribution in [0.4, 0.5) is 34.1 Å². The van der Waals surface area contributed by atoms with Crippen molar-refractivity contribution in [1.82, 2.24) is 18.3 Å². The number of fused-ring (bicyclic) bond motifs is 20. The van der Waals surface area contributed by atoms with Crippen LogP contribution < -0.4 is 42.6 Å². The summed E-state index contributed by atoms with van der Waals surface area (Å²) in [5.74, 6) is 0. The first-order valence-corrected chi connectivity index (χ1v) is 41.4. The third kappa shape index (κ3) is 10.0. The molecule has 0 saturated carbocycles. The molecule has 550 valence electrons. The maximum atomic E-state index is 2.76. The molecule has 4 aliphatic rings. The first kappa shape index (κ1) is 68.8. The molecule has 0 atom stereocenters. The molecule has 8 heterocycles. The van der Waals surface area contributed by atoms with Gasteiger partial charge in [0.15, 0.2) is 0 Å². The standard InChI is InChI=1S/C104H98B2N6/c1-17-19-27-63-34-40-89-74(48-63)80-49-64(28-20-18-2)50-84-100(80)111(89)96-57-71(109-85-39-33-61(3)45-73(85)75-51-65(101(5,6)7)35-41-86(75)109)55-94-98(96)106(84)82-59-81-91(60-92(82)108(94)70-31-25-22-26-32-70)107(69-29-23-21-24-30-69)93-56-72(110-87-42-36-66(102(8,9)10)52-76(87)77-53-67(103(11,12)13)37-43-88(77)110)58-95-97(93)105(81)83-47-62(4)46-79-78-54-68(104(14,15)16)38-44-90(78)112(95)99(79)83/h21-26,29-60H,17-20,27-28H2,1-16H3. The second kappa shape index (κ2) is 24.2. The molecule has 0 radical (unpaired) electrons. The second-order valence-electron chi connectivity index (χ2n) is 37.7. The molecule has 0 saturated heterocycles.